The summed E-state index contributed by atoms with van der Waals surface area (Å²) < 4.78 is 5.63. The Morgan fingerprint density at radius 3 is 2.35 bits per heavy atom. The van der Waals surface area contributed by atoms with Gasteiger partial charge < -0.3 is 15.0 Å². The Labute approximate surface area is 154 Å². The van der Waals surface area contributed by atoms with Crippen LogP contribution in [0.5, 0.6) is 5.75 Å². The summed E-state index contributed by atoms with van der Waals surface area (Å²) in [6.45, 7) is 2.95. The number of benzene rings is 2. The Bertz CT molecular complexity index is 765. The first-order valence-corrected chi connectivity index (χ1v) is 8.44. The molecule has 0 bridgehead atoms. The third kappa shape index (κ3) is 5.77. The van der Waals surface area contributed by atoms with Gasteiger partial charge in [0, 0.05) is 25.7 Å². The molecule has 0 saturated carbocycles. The lowest BCUT2D eigenvalue weighted by Gasteiger charge is -2.15. The van der Waals surface area contributed by atoms with E-state index in [2.05, 4.69) is 5.32 Å². The molecule has 0 aromatic heterocycles. The molecule has 2 aromatic carbocycles. The number of hydrogen-bond donors (Lipinski definition) is 1. The van der Waals surface area contributed by atoms with Crippen molar-refractivity contribution in [3.63, 3.8) is 0 Å². The van der Waals surface area contributed by atoms with Crippen LogP contribution in [0.3, 0.4) is 0 Å². The van der Waals surface area contributed by atoms with Crippen molar-refractivity contribution in [3.8, 4) is 5.75 Å². The molecule has 0 aliphatic rings. The van der Waals surface area contributed by atoms with Gasteiger partial charge in [-0.1, -0.05) is 29.8 Å². The molecule has 0 atom stereocenters. The lowest BCUT2D eigenvalue weighted by Crippen LogP contribution is -2.29. The average Bonchev–Trinajstić information content (AvgIpc) is 2.67. The summed E-state index contributed by atoms with van der Waals surface area (Å²) in [7, 11) is 3.33. The molecular formula is C21H24N2O3. The van der Waals surface area contributed by atoms with E-state index in [1.165, 1.54) is 11.6 Å². The van der Waals surface area contributed by atoms with Gasteiger partial charge in [-0.25, -0.2) is 0 Å². The van der Waals surface area contributed by atoms with E-state index in [-0.39, 0.29) is 11.8 Å². The zero-order chi connectivity index (χ0) is 18.9. The monoisotopic (exact) mass is 352 g/mol. The largest absolute Gasteiger partial charge is 0.492 e. The highest BCUT2D eigenvalue weighted by Gasteiger charge is 2.05. The van der Waals surface area contributed by atoms with Crippen molar-refractivity contribution in [2.45, 2.75) is 6.92 Å². The van der Waals surface area contributed by atoms with E-state index in [9.17, 15) is 9.59 Å². The van der Waals surface area contributed by atoms with Crippen molar-refractivity contribution in [2.24, 2.45) is 0 Å². The zero-order valence-corrected chi connectivity index (χ0v) is 15.4. The van der Waals surface area contributed by atoms with Gasteiger partial charge in [-0.2, -0.15) is 0 Å². The Balaban J connectivity index is 1.81. The molecule has 26 heavy (non-hydrogen) atoms. The number of nitrogens with zero attached hydrogens (tertiary/aromatic N) is 1. The summed E-state index contributed by atoms with van der Waals surface area (Å²) in [5.41, 5.74) is 2.62. The molecule has 0 aliphatic carbocycles. The Morgan fingerprint density at radius 1 is 1.08 bits per heavy atom. The fourth-order valence-corrected chi connectivity index (χ4v) is 2.23. The van der Waals surface area contributed by atoms with Crippen molar-refractivity contribution >= 4 is 17.9 Å². The second-order valence-corrected chi connectivity index (χ2v) is 5.96. The molecule has 5 heteroatoms. The van der Waals surface area contributed by atoms with Crippen LogP contribution in [-0.2, 0) is 4.79 Å². The van der Waals surface area contributed by atoms with Crippen LogP contribution >= 0.6 is 0 Å². The highest BCUT2D eigenvalue weighted by Crippen LogP contribution is 2.11. The van der Waals surface area contributed by atoms with Crippen molar-refractivity contribution in [1.29, 1.82) is 0 Å². The third-order valence-electron chi connectivity index (χ3n) is 3.91. The van der Waals surface area contributed by atoms with Crippen LogP contribution in [0.4, 0.5) is 0 Å². The summed E-state index contributed by atoms with van der Waals surface area (Å²) in [5.74, 6) is 0.556. The topological polar surface area (TPSA) is 58.6 Å². The first-order chi connectivity index (χ1) is 12.5. The molecule has 136 valence electrons. The molecule has 0 spiro atoms. The number of ether oxygens (including phenoxy) is 1. The second kappa shape index (κ2) is 9.42. The summed E-state index contributed by atoms with van der Waals surface area (Å²) in [6.07, 6.45) is 3.24. The maximum Gasteiger partial charge on any atom is 0.251 e. The van der Waals surface area contributed by atoms with Crippen LogP contribution in [0.15, 0.2) is 54.6 Å². The van der Waals surface area contributed by atoms with Crippen molar-refractivity contribution in [1.82, 2.24) is 10.2 Å². The van der Waals surface area contributed by atoms with Gasteiger partial charge >= 0.3 is 0 Å². The van der Waals surface area contributed by atoms with Crippen LogP contribution < -0.4 is 10.1 Å². The number of aryl methyl sites for hydroxylation is 1. The van der Waals surface area contributed by atoms with Crippen LogP contribution in [0.1, 0.15) is 21.5 Å². The van der Waals surface area contributed by atoms with Gasteiger partial charge in [0.2, 0.25) is 5.91 Å². The van der Waals surface area contributed by atoms with Crippen LogP contribution in [0, 0.1) is 6.92 Å². The summed E-state index contributed by atoms with van der Waals surface area (Å²) in [5, 5.41) is 2.57. The molecule has 0 unspecified atom stereocenters. The van der Waals surface area contributed by atoms with E-state index in [1.54, 1.807) is 49.3 Å². The van der Waals surface area contributed by atoms with Gasteiger partial charge in [0.15, 0.2) is 0 Å². The lowest BCUT2D eigenvalue weighted by atomic mass is 10.1. The van der Waals surface area contributed by atoms with Crippen LogP contribution in [0.2, 0.25) is 0 Å². The fraction of sp³-hybridized carbons (Fsp3) is 0.238. The standard InChI is InChI=1S/C21H24N2O3/c1-16-4-11-19(12-5-16)26-15-14-23(3)20(24)13-8-17-6-9-18(10-7-17)21(25)22-2/h4-13H,14-15H2,1-3H3,(H,22,25)/b13-8+. The summed E-state index contributed by atoms with van der Waals surface area (Å²) in [4.78, 5) is 25.2. The van der Waals surface area contributed by atoms with Gasteiger partial charge in [-0.3, -0.25) is 9.59 Å². The number of amides is 2. The average molecular weight is 352 g/mol. The molecule has 0 fully saturated rings. The Morgan fingerprint density at radius 2 is 1.73 bits per heavy atom. The number of hydrogen-bond acceptors (Lipinski definition) is 3. The minimum Gasteiger partial charge on any atom is -0.492 e. The zero-order valence-electron chi connectivity index (χ0n) is 15.4. The molecule has 1 N–H and O–H groups in total. The van der Waals surface area contributed by atoms with Gasteiger partial charge in [0.25, 0.3) is 5.91 Å². The van der Waals surface area contributed by atoms with Gasteiger partial charge in [0.05, 0.1) is 6.54 Å². The quantitative estimate of drug-likeness (QED) is 0.780. The molecule has 5 nitrogen and oxygen atoms in total. The molecular weight excluding hydrogens is 328 g/mol. The predicted octanol–water partition coefficient (Wildman–Crippen LogP) is 2.91. The van der Waals surface area contributed by atoms with E-state index in [4.69, 9.17) is 4.74 Å². The van der Waals surface area contributed by atoms with Crippen molar-refractivity contribution in [3.05, 3.63) is 71.3 Å². The number of nitrogens with one attached hydrogen (secondary N) is 1. The summed E-state index contributed by atoms with van der Waals surface area (Å²) >= 11 is 0. The van der Waals surface area contributed by atoms with Gasteiger partial charge in [-0.05, 0) is 42.8 Å². The first-order valence-electron chi connectivity index (χ1n) is 8.44. The SMILES string of the molecule is CNC(=O)c1ccc(/C=C/C(=O)N(C)CCOc2ccc(C)cc2)cc1. The minimum atomic E-state index is -0.134. The fourth-order valence-electron chi connectivity index (χ4n) is 2.23. The summed E-state index contributed by atoms with van der Waals surface area (Å²) in [6, 6.07) is 14.9. The molecule has 2 aromatic rings. The molecule has 2 amide bonds. The minimum absolute atomic E-state index is 0.104. The smallest absolute Gasteiger partial charge is 0.251 e. The normalized spacial score (nSPS) is 10.6. The maximum absolute atomic E-state index is 12.1. The highest BCUT2D eigenvalue weighted by atomic mass is 16.5. The molecule has 0 heterocycles. The third-order valence-corrected chi connectivity index (χ3v) is 3.91. The number of likely N-dealkylation sites (N-methyl/N-ethyl adjacent to an activating group) is 1. The second-order valence-electron chi connectivity index (χ2n) is 5.96. The Hall–Kier alpha value is -3.08. The number of rotatable bonds is 7. The molecule has 0 aliphatic heterocycles. The van der Waals surface area contributed by atoms with Crippen molar-refractivity contribution < 1.29 is 14.3 Å². The lowest BCUT2D eigenvalue weighted by molar-refractivity contribution is -0.125. The molecule has 0 saturated heterocycles. The van der Waals surface area contributed by atoms with E-state index < -0.39 is 0 Å². The van der Waals surface area contributed by atoms with Crippen molar-refractivity contribution in [2.75, 3.05) is 27.2 Å². The number of carbonyl (C=O) groups is 2. The molecule has 0 radical (unpaired) electrons. The Kier molecular flexibility index (Phi) is 6.97. The molecule has 2 rings (SSSR count). The van der Waals surface area contributed by atoms with Crippen LogP contribution in [0.25, 0.3) is 6.08 Å². The predicted molar refractivity (Wildman–Crippen MR) is 103 cm³/mol. The van der Waals surface area contributed by atoms with Gasteiger partial charge in [-0.15, -0.1) is 0 Å². The number of carbonyl (C=O) groups excluding carboxylic acids is 2. The van der Waals surface area contributed by atoms with Gasteiger partial charge in [0.1, 0.15) is 12.4 Å². The van der Waals surface area contributed by atoms with E-state index in [0.29, 0.717) is 18.7 Å². The highest BCUT2D eigenvalue weighted by molar-refractivity contribution is 5.94. The maximum atomic E-state index is 12.1. The van der Waals surface area contributed by atoms with E-state index in [0.717, 1.165) is 11.3 Å². The van der Waals surface area contributed by atoms with E-state index in [1.807, 2.05) is 31.2 Å². The van der Waals surface area contributed by atoms with E-state index >= 15 is 0 Å². The van der Waals surface area contributed by atoms with Crippen LogP contribution in [-0.4, -0.2) is 44.0 Å². The first kappa shape index (κ1) is 19.2.